The minimum Gasteiger partial charge on any atom is -0.309 e. The van der Waals surface area contributed by atoms with Crippen molar-refractivity contribution in [1.29, 1.82) is 0 Å². The van der Waals surface area contributed by atoms with Crippen molar-refractivity contribution in [3.8, 4) is 0 Å². The van der Waals surface area contributed by atoms with Gasteiger partial charge in [-0.3, -0.25) is 0 Å². The lowest BCUT2D eigenvalue weighted by Gasteiger charge is -2.21. The number of aryl methyl sites for hydroxylation is 2. The molecule has 0 radical (unpaired) electrons. The fourth-order valence-electron chi connectivity index (χ4n) is 2.61. The zero-order valence-corrected chi connectivity index (χ0v) is 13.2. The van der Waals surface area contributed by atoms with Crippen molar-refractivity contribution in [3.63, 3.8) is 0 Å². The summed E-state index contributed by atoms with van der Waals surface area (Å²) >= 11 is 5.99. The first kappa shape index (κ1) is 15.1. The Morgan fingerprint density at radius 2 is 1.70 bits per heavy atom. The Hall–Kier alpha value is -1.31. The molecule has 2 aromatic rings. The number of nitrogens with one attached hydrogen (secondary N) is 1. The minimum absolute atomic E-state index is 0.216. The minimum atomic E-state index is 0.216. The predicted octanol–water partition coefficient (Wildman–Crippen LogP) is 4.77. The predicted molar refractivity (Wildman–Crippen MR) is 87.6 cm³/mol. The van der Waals surface area contributed by atoms with Gasteiger partial charge in [0.2, 0.25) is 0 Å². The van der Waals surface area contributed by atoms with Gasteiger partial charge in [0, 0.05) is 5.02 Å². The highest BCUT2D eigenvalue weighted by atomic mass is 35.5. The lowest BCUT2D eigenvalue weighted by Crippen LogP contribution is -2.19. The van der Waals surface area contributed by atoms with Crippen LogP contribution in [-0.2, 0) is 12.8 Å². The Morgan fingerprint density at radius 3 is 2.25 bits per heavy atom. The number of hydrogen-bond donors (Lipinski definition) is 1. The van der Waals surface area contributed by atoms with Gasteiger partial charge >= 0.3 is 0 Å². The van der Waals surface area contributed by atoms with Crippen LogP contribution in [0.1, 0.15) is 42.1 Å². The normalized spacial score (nSPS) is 12.4. The maximum absolute atomic E-state index is 5.99. The quantitative estimate of drug-likeness (QED) is 0.835. The van der Waals surface area contributed by atoms with E-state index in [1.165, 1.54) is 22.3 Å². The fourth-order valence-corrected chi connectivity index (χ4v) is 2.74. The van der Waals surface area contributed by atoms with E-state index >= 15 is 0 Å². The van der Waals surface area contributed by atoms with Crippen LogP contribution in [-0.4, -0.2) is 7.05 Å². The number of hydrogen-bond acceptors (Lipinski definition) is 1. The lowest BCUT2D eigenvalue weighted by molar-refractivity contribution is 0.683. The van der Waals surface area contributed by atoms with Crippen molar-refractivity contribution >= 4 is 11.6 Å². The Balaban J connectivity index is 2.47. The smallest absolute Gasteiger partial charge is 0.0577 e. The van der Waals surface area contributed by atoms with Crippen molar-refractivity contribution < 1.29 is 0 Å². The van der Waals surface area contributed by atoms with E-state index in [-0.39, 0.29) is 6.04 Å². The lowest BCUT2D eigenvalue weighted by atomic mass is 9.91. The van der Waals surface area contributed by atoms with E-state index in [0.717, 1.165) is 17.9 Å². The highest BCUT2D eigenvalue weighted by Gasteiger charge is 2.15. The summed E-state index contributed by atoms with van der Waals surface area (Å²) in [5, 5.41) is 4.22. The van der Waals surface area contributed by atoms with Crippen LogP contribution in [0.2, 0.25) is 5.02 Å². The summed E-state index contributed by atoms with van der Waals surface area (Å²) < 4.78 is 0. The second-order valence-electron chi connectivity index (χ2n) is 5.01. The molecule has 0 fully saturated rings. The average molecular weight is 288 g/mol. The zero-order chi connectivity index (χ0) is 14.5. The SMILES string of the molecule is CCc1ccc(CC)c(C(NC)c2ccc(Cl)cc2)c1. The van der Waals surface area contributed by atoms with E-state index in [9.17, 15) is 0 Å². The molecule has 2 rings (SSSR count). The topological polar surface area (TPSA) is 12.0 Å². The average Bonchev–Trinajstić information content (AvgIpc) is 2.49. The molecule has 0 aliphatic heterocycles. The third-order valence-electron chi connectivity index (χ3n) is 3.80. The molecule has 1 N–H and O–H groups in total. The molecular formula is C18H22ClN. The summed E-state index contributed by atoms with van der Waals surface area (Å²) in [5.74, 6) is 0. The zero-order valence-electron chi connectivity index (χ0n) is 12.4. The number of benzene rings is 2. The van der Waals surface area contributed by atoms with Gasteiger partial charge in [0.1, 0.15) is 0 Å². The summed E-state index contributed by atoms with van der Waals surface area (Å²) in [6.07, 6.45) is 2.11. The Morgan fingerprint density at radius 1 is 1.00 bits per heavy atom. The van der Waals surface area contributed by atoms with Gasteiger partial charge in [0.15, 0.2) is 0 Å². The summed E-state index contributed by atoms with van der Waals surface area (Å²) in [7, 11) is 2.01. The maximum Gasteiger partial charge on any atom is 0.0577 e. The number of halogens is 1. The van der Waals surface area contributed by atoms with Gasteiger partial charge in [-0.1, -0.05) is 55.8 Å². The standard InChI is InChI=1S/C18H22ClN/c1-4-13-6-7-14(5-2)17(12-13)18(20-3)15-8-10-16(19)11-9-15/h6-12,18,20H,4-5H2,1-3H3. The van der Waals surface area contributed by atoms with Gasteiger partial charge in [-0.2, -0.15) is 0 Å². The first-order valence-electron chi connectivity index (χ1n) is 7.24. The van der Waals surface area contributed by atoms with Gasteiger partial charge in [0.05, 0.1) is 6.04 Å². The van der Waals surface area contributed by atoms with Crippen LogP contribution in [0.25, 0.3) is 0 Å². The summed E-state index contributed by atoms with van der Waals surface area (Å²) in [6.45, 7) is 4.40. The molecule has 0 bridgehead atoms. The molecule has 2 heteroatoms. The van der Waals surface area contributed by atoms with Crippen molar-refractivity contribution in [2.75, 3.05) is 7.05 Å². The molecule has 0 saturated heterocycles. The molecular weight excluding hydrogens is 266 g/mol. The second kappa shape index (κ2) is 6.92. The number of rotatable bonds is 5. The van der Waals surface area contributed by atoms with Gasteiger partial charge in [-0.15, -0.1) is 0 Å². The molecule has 2 aromatic carbocycles. The van der Waals surface area contributed by atoms with E-state index < -0.39 is 0 Å². The molecule has 0 amide bonds. The fraction of sp³-hybridized carbons (Fsp3) is 0.333. The van der Waals surface area contributed by atoms with E-state index in [1.54, 1.807) is 0 Å². The van der Waals surface area contributed by atoms with Crippen molar-refractivity contribution in [2.24, 2.45) is 0 Å². The third kappa shape index (κ3) is 3.23. The van der Waals surface area contributed by atoms with Gasteiger partial charge in [0.25, 0.3) is 0 Å². The molecule has 20 heavy (non-hydrogen) atoms. The molecule has 0 aliphatic rings. The van der Waals surface area contributed by atoms with E-state index in [0.29, 0.717) is 0 Å². The van der Waals surface area contributed by atoms with E-state index in [4.69, 9.17) is 11.6 Å². The molecule has 0 spiro atoms. The first-order valence-corrected chi connectivity index (χ1v) is 7.61. The molecule has 0 aliphatic carbocycles. The molecule has 1 nitrogen and oxygen atoms in total. The molecule has 0 saturated carbocycles. The molecule has 0 heterocycles. The Kier molecular flexibility index (Phi) is 5.22. The van der Waals surface area contributed by atoms with Crippen LogP contribution < -0.4 is 5.32 Å². The van der Waals surface area contributed by atoms with Gasteiger partial charge in [-0.25, -0.2) is 0 Å². The van der Waals surface area contributed by atoms with Crippen LogP contribution in [0.3, 0.4) is 0 Å². The Labute approximate surface area is 127 Å². The molecule has 1 unspecified atom stereocenters. The van der Waals surface area contributed by atoms with Crippen LogP contribution in [0.15, 0.2) is 42.5 Å². The van der Waals surface area contributed by atoms with Crippen LogP contribution in [0.5, 0.6) is 0 Å². The van der Waals surface area contributed by atoms with Gasteiger partial charge in [-0.05, 0) is 54.3 Å². The monoisotopic (exact) mass is 287 g/mol. The largest absolute Gasteiger partial charge is 0.309 e. The highest BCUT2D eigenvalue weighted by Crippen LogP contribution is 2.27. The van der Waals surface area contributed by atoms with Crippen LogP contribution in [0.4, 0.5) is 0 Å². The summed E-state index contributed by atoms with van der Waals surface area (Å²) in [6, 6.07) is 15.1. The van der Waals surface area contributed by atoms with E-state index in [2.05, 4.69) is 49.5 Å². The summed E-state index contributed by atoms with van der Waals surface area (Å²) in [4.78, 5) is 0. The first-order chi connectivity index (χ1) is 9.69. The Bertz CT molecular complexity index is 560. The second-order valence-corrected chi connectivity index (χ2v) is 5.45. The highest BCUT2D eigenvalue weighted by molar-refractivity contribution is 6.30. The summed E-state index contributed by atoms with van der Waals surface area (Å²) in [5.41, 5.74) is 5.40. The maximum atomic E-state index is 5.99. The third-order valence-corrected chi connectivity index (χ3v) is 4.05. The van der Waals surface area contributed by atoms with Crippen molar-refractivity contribution in [1.82, 2.24) is 5.32 Å². The van der Waals surface area contributed by atoms with Crippen LogP contribution in [0, 0.1) is 0 Å². The van der Waals surface area contributed by atoms with E-state index in [1.807, 2.05) is 19.2 Å². The van der Waals surface area contributed by atoms with Gasteiger partial charge < -0.3 is 5.32 Å². The molecule has 1 atom stereocenters. The van der Waals surface area contributed by atoms with Crippen LogP contribution >= 0.6 is 11.6 Å². The van der Waals surface area contributed by atoms with Crippen molar-refractivity contribution in [2.45, 2.75) is 32.7 Å². The molecule has 106 valence electrons. The van der Waals surface area contributed by atoms with Crippen molar-refractivity contribution in [3.05, 3.63) is 69.7 Å². The molecule has 0 aromatic heterocycles.